The van der Waals surface area contributed by atoms with Crippen LogP contribution in [0.2, 0.25) is 19.6 Å². The Bertz CT molecular complexity index is 3470. The highest BCUT2D eigenvalue weighted by Crippen LogP contribution is 2.47. The summed E-state index contributed by atoms with van der Waals surface area (Å²) in [4.78, 5) is 16.3. The van der Waals surface area contributed by atoms with Gasteiger partial charge in [-0.2, -0.15) is 0 Å². The van der Waals surface area contributed by atoms with Crippen LogP contribution in [0.1, 0.15) is 52.7 Å². The van der Waals surface area contributed by atoms with E-state index < -0.39 is 8.07 Å². The van der Waals surface area contributed by atoms with Crippen LogP contribution in [0.4, 0.5) is 0 Å². The number of phenolic OH excluding ortho intramolecular Hbond substituents is 1. The Morgan fingerprint density at radius 2 is 0.986 bits per heavy atom. The van der Waals surface area contributed by atoms with Crippen LogP contribution in [0.3, 0.4) is 0 Å². The third-order valence-electron chi connectivity index (χ3n) is 13.4. The number of rotatable bonds is 9. The quantitative estimate of drug-likeness (QED) is 0.147. The maximum absolute atomic E-state index is 12.7. The minimum Gasteiger partial charge on any atom is -0.507 e. The zero-order valence-corrected chi connectivity index (χ0v) is 42.7. The molecule has 3 aromatic heterocycles. The molecule has 70 heavy (non-hydrogen) atoms. The first-order valence-electron chi connectivity index (χ1n) is 24.3. The number of fused-ring (bicyclic) bond motifs is 1. The lowest BCUT2D eigenvalue weighted by Crippen LogP contribution is -2.39. The minimum absolute atomic E-state index is 0.215. The summed E-state index contributed by atoms with van der Waals surface area (Å²) in [6, 6.07) is 64.3. The van der Waals surface area contributed by atoms with Gasteiger partial charge in [0.25, 0.3) is 0 Å². The Labute approximate surface area is 414 Å². The molecule has 0 aliphatic heterocycles. The molecule has 346 valence electrons. The van der Waals surface area contributed by atoms with Crippen molar-refractivity contribution in [3.05, 3.63) is 206 Å². The van der Waals surface area contributed by atoms with Crippen molar-refractivity contribution in [3.63, 3.8) is 0 Å². The highest BCUT2D eigenvalue weighted by molar-refractivity contribution is 6.89. The number of benzene rings is 7. The van der Waals surface area contributed by atoms with Crippen molar-refractivity contribution >= 4 is 24.4 Å². The number of hydrogen-bond donors (Lipinski definition) is 1. The first-order chi connectivity index (χ1) is 33.5. The third kappa shape index (κ3) is 8.80. The Morgan fingerprint density at radius 3 is 1.53 bits per heavy atom. The molecule has 1 N–H and O–H groups in total. The van der Waals surface area contributed by atoms with E-state index in [1.807, 2.05) is 6.20 Å². The largest absolute Gasteiger partial charge is 0.507 e. The molecule has 0 atom stereocenters. The summed E-state index contributed by atoms with van der Waals surface area (Å²) in [5.74, 6) is 0.827. The van der Waals surface area contributed by atoms with Crippen molar-refractivity contribution in [1.82, 2.24) is 19.5 Å². The predicted octanol–water partition coefficient (Wildman–Crippen LogP) is 16.3. The summed E-state index contributed by atoms with van der Waals surface area (Å²) in [7, 11) is -1.78. The number of nitrogens with zero attached hydrogens (tertiary/aromatic N) is 4. The Hall–Kier alpha value is -7.67. The van der Waals surface area contributed by atoms with Gasteiger partial charge < -0.3 is 5.11 Å². The molecule has 6 heteroatoms. The topological polar surface area (TPSA) is 63.8 Å². The molecular weight excluding hydrogens is 869 g/mol. The molecule has 7 aromatic carbocycles. The van der Waals surface area contributed by atoms with Gasteiger partial charge in [0.2, 0.25) is 0 Å². The summed E-state index contributed by atoms with van der Waals surface area (Å²) in [6.45, 7) is 20.3. The normalized spacial score (nSPS) is 12.1. The van der Waals surface area contributed by atoms with E-state index in [0.717, 1.165) is 78.1 Å². The van der Waals surface area contributed by atoms with Gasteiger partial charge in [-0.1, -0.05) is 207 Å². The van der Waals surface area contributed by atoms with Crippen LogP contribution in [0.15, 0.2) is 194 Å². The zero-order valence-electron chi connectivity index (χ0n) is 41.7. The van der Waals surface area contributed by atoms with Crippen LogP contribution in [0.5, 0.6) is 5.75 Å². The Morgan fingerprint density at radius 1 is 0.457 bits per heavy atom. The molecule has 0 saturated heterocycles. The molecule has 0 bridgehead atoms. The molecule has 0 radical (unpaired) electrons. The smallest absolute Gasteiger partial charge is 0.165 e. The molecular formula is C64H60N4OSi. The van der Waals surface area contributed by atoms with Crippen LogP contribution < -0.4 is 5.19 Å². The molecule has 0 aliphatic carbocycles. The fraction of sp³-hybridized carbons (Fsp3) is 0.172. The van der Waals surface area contributed by atoms with Gasteiger partial charge in [-0.15, -0.1) is 0 Å². The van der Waals surface area contributed by atoms with E-state index in [2.05, 4.69) is 254 Å². The van der Waals surface area contributed by atoms with E-state index >= 15 is 0 Å². The van der Waals surface area contributed by atoms with E-state index in [4.69, 9.17) is 15.0 Å². The van der Waals surface area contributed by atoms with E-state index in [1.54, 1.807) is 0 Å². The second-order valence-corrected chi connectivity index (χ2v) is 26.6. The lowest BCUT2D eigenvalue weighted by Gasteiger charge is -2.28. The third-order valence-corrected chi connectivity index (χ3v) is 15.5. The lowest BCUT2D eigenvalue weighted by atomic mass is 9.79. The fourth-order valence-corrected chi connectivity index (χ4v) is 11.2. The fourth-order valence-electron chi connectivity index (χ4n) is 9.69. The summed E-state index contributed by atoms with van der Waals surface area (Å²) in [6.07, 6.45) is 4.03. The van der Waals surface area contributed by atoms with Crippen molar-refractivity contribution in [2.24, 2.45) is 0 Å². The summed E-state index contributed by atoms with van der Waals surface area (Å²) in [5.41, 5.74) is 16.9. The molecule has 10 aromatic rings. The van der Waals surface area contributed by atoms with Crippen LogP contribution >= 0.6 is 0 Å². The first kappa shape index (κ1) is 46.1. The highest BCUT2D eigenvalue weighted by Gasteiger charge is 2.31. The van der Waals surface area contributed by atoms with Crippen LogP contribution in [-0.4, -0.2) is 32.7 Å². The SMILES string of the molecule is CC(C)(C)c1cc(-c2nc3c(-c4cc(-c5ccccc5)cc(-c5cc(-c6ccccc6)c([Si](C)(C)C)cn5)c4)ccnc3n2-c2c(-c3ccccc3)cccc2-c2ccccc2)c(O)c(C(C)(C)C)c1. The second kappa shape index (κ2) is 18.0. The number of para-hydroxylation sites is 1. The number of pyridine rings is 2. The Balaban J connectivity index is 1.32. The molecule has 0 saturated carbocycles. The Kier molecular flexibility index (Phi) is 11.9. The molecule has 0 amide bonds. The monoisotopic (exact) mass is 928 g/mol. The van der Waals surface area contributed by atoms with Crippen LogP contribution in [0, 0.1) is 0 Å². The van der Waals surface area contributed by atoms with Gasteiger partial charge in [-0.25, -0.2) is 9.97 Å². The maximum atomic E-state index is 12.7. The van der Waals surface area contributed by atoms with Crippen molar-refractivity contribution < 1.29 is 5.11 Å². The zero-order chi connectivity index (χ0) is 49.0. The number of imidazole rings is 1. The average molecular weight is 929 g/mol. The molecule has 0 spiro atoms. The van der Waals surface area contributed by atoms with E-state index in [-0.39, 0.29) is 16.6 Å². The van der Waals surface area contributed by atoms with Crippen LogP contribution in [-0.2, 0) is 10.8 Å². The van der Waals surface area contributed by atoms with Crippen molar-refractivity contribution in [2.75, 3.05) is 0 Å². The van der Waals surface area contributed by atoms with Gasteiger partial charge in [0.05, 0.1) is 25.0 Å². The molecule has 0 aliphatic rings. The first-order valence-corrected chi connectivity index (χ1v) is 27.8. The molecule has 10 rings (SSSR count). The van der Waals surface area contributed by atoms with Gasteiger partial charge in [0.1, 0.15) is 11.3 Å². The summed E-state index contributed by atoms with van der Waals surface area (Å²) in [5, 5.41) is 14.1. The number of aromatic nitrogens is 4. The molecule has 5 nitrogen and oxygen atoms in total. The van der Waals surface area contributed by atoms with E-state index in [0.29, 0.717) is 17.0 Å². The van der Waals surface area contributed by atoms with Gasteiger partial charge in [0.15, 0.2) is 11.5 Å². The van der Waals surface area contributed by atoms with Crippen LogP contribution in [0.25, 0.3) is 95.1 Å². The average Bonchev–Trinajstić information content (AvgIpc) is 3.75. The van der Waals surface area contributed by atoms with E-state index in [1.165, 1.54) is 16.3 Å². The van der Waals surface area contributed by atoms with Gasteiger partial charge >= 0.3 is 0 Å². The van der Waals surface area contributed by atoms with Gasteiger partial charge in [0, 0.05) is 40.2 Å². The second-order valence-electron chi connectivity index (χ2n) is 21.6. The standard InChI is InChI=1S/C64H60N4OSi/c1-63(2,3)49-38-54(60(69)55(39-49)64(4,5)6)61-67-58-50(33-34-65-62(58)68(61)59-51(43-25-16-11-17-26-43)31-22-32-52(59)44-27-18-12-19-28-44)47-35-46(42-23-14-10-15-24-42)36-48(37-47)56-40-53(45-29-20-13-21-30-45)57(41-66-56)70(7,8)9/h10-41,69H,1-9H3. The highest BCUT2D eigenvalue weighted by atomic mass is 28.3. The minimum atomic E-state index is -1.78. The summed E-state index contributed by atoms with van der Waals surface area (Å²) >= 11 is 0. The predicted molar refractivity (Wildman–Crippen MR) is 297 cm³/mol. The van der Waals surface area contributed by atoms with Crippen molar-refractivity contribution in [3.8, 4) is 89.7 Å². The van der Waals surface area contributed by atoms with E-state index in [9.17, 15) is 5.11 Å². The molecule has 3 heterocycles. The maximum Gasteiger partial charge on any atom is 0.165 e. The number of phenols is 1. The van der Waals surface area contributed by atoms with Crippen molar-refractivity contribution in [2.45, 2.75) is 72.0 Å². The van der Waals surface area contributed by atoms with Gasteiger partial charge in [-0.3, -0.25) is 9.55 Å². The number of hydrogen-bond acceptors (Lipinski definition) is 4. The van der Waals surface area contributed by atoms with Crippen molar-refractivity contribution in [1.29, 1.82) is 0 Å². The van der Waals surface area contributed by atoms with Gasteiger partial charge in [-0.05, 0) is 96.9 Å². The molecule has 0 fully saturated rings. The number of aromatic hydroxyl groups is 1. The lowest BCUT2D eigenvalue weighted by molar-refractivity contribution is 0.446. The summed E-state index contributed by atoms with van der Waals surface area (Å²) < 4.78 is 2.21. The molecule has 0 unspecified atom stereocenters.